The Morgan fingerprint density at radius 3 is 2.94 bits per heavy atom. The van der Waals surface area contributed by atoms with Crippen LogP contribution in [0.25, 0.3) is 27.0 Å². The van der Waals surface area contributed by atoms with Crippen molar-refractivity contribution < 1.29 is 18.6 Å². The first kappa shape index (κ1) is 19.6. The van der Waals surface area contributed by atoms with Crippen LogP contribution in [0.3, 0.4) is 0 Å². The highest BCUT2D eigenvalue weighted by Crippen LogP contribution is 2.43. The molecule has 0 saturated heterocycles. The molecule has 2 N–H and O–H groups in total. The summed E-state index contributed by atoms with van der Waals surface area (Å²) in [5.41, 5.74) is 1.86. The van der Waals surface area contributed by atoms with Gasteiger partial charge >= 0.3 is 0 Å². The molecule has 4 aromatic rings. The van der Waals surface area contributed by atoms with Crippen LogP contribution in [0.5, 0.6) is 5.75 Å². The first-order chi connectivity index (χ1) is 15.1. The second-order valence-electron chi connectivity index (χ2n) is 6.85. The smallest absolute Gasteiger partial charge is 0.173 e. The molecule has 10 heteroatoms. The lowest BCUT2D eigenvalue weighted by atomic mass is 10.1. The average molecular weight is 441 g/mol. The van der Waals surface area contributed by atoms with E-state index in [0.717, 1.165) is 21.4 Å². The maximum Gasteiger partial charge on any atom is 0.173 e. The normalized spacial score (nSPS) is 12.6. The summed E-state index contributed by atoms with van der Waals surface area (Å²) in [6.07, 6.45) is 2.02. The fourth-order valence-electron chi connectivity index (χ4n) is 3.44. The standard InChI is InChI=1S/C21H17F2N5O2S/c22-13-1-2-15(14(23)10-13)28-21(25-11-26-28)17-9-12-5-8-30-16-3-4-18(24-6-7-29)27-19(16)20(12)31-17/h1-4,9-11,29H,5-8H2,(H,24,27). The van der Waals surface area contributed by atoms with Crippen LogP contribution < -0.4 is 10.1 Å². The summed E-state index contributed by atoms with van der Waals surface area (Å²) in [6, 6.07) is 8.99. The minimum absolute atomic E-state index is 0.000725. The molecule has 0 unspecified atom stereocenters. The number of fused-ring (bicyclic) bond motifs is 3. The molecular formula is C21H17F2N5O2S. The molecule has 1 aliphatic heterocycles. The van der Waals surface area contributed by atoms with E-state index < -0.39 is 11.6 Å². The number of aromatic nitrogens is 4. The zero-order valence-corrected chi connectivity index (χ0v) is 17.0. The summed E-state index contributed by atoms with van der Waals surface area (Å²) in [7, 11) is 0. The van der Waals surface area contributed by atoms with E-state index in [9.17, 15) is 8.78 Å². The van der Waals surface area contributed by atoms with E-state index >= 15 is 0 Å². The first-order valence-electron chi connectivity index (χ1n) is 9.61. The van der Waals surface area contributed by atoms with Gasteiger partial charge in [-0.2, -0.15) is 5.10 Å². The van der Waals surface area contributed by atoms with Crippen molar-refractivity contribution >= 4 is 17.2 Å². The van der Waals surface area contributed by atoms with Crippen molar-refractivity contribution in [2.75, 3.05) is 25.1 Å². The van der Waals surface area contributed by atoms with E-state index in [1.165, 1.54) is 34.5 Å². The van der Waals surface area contributed by atoms with Crippen molar-refractivity contribution in [2.45, 2.75) is 6.42 Å². The number of halogens is 2. The number of thiophene rings is 1. The van der Waals surface area contributed by atoms with Gasteiger partial charge in [-0.3, -0.25) is 0 Å². The lowest BCUT2D eigenvalue weighted by Gasteiger charge is -2.09. The molecule has 0 saturated carbocycles. The van der Waals surface area contributed by atoms with Crippen LogP contribution in [-0.4, -0.2) is 44.6 Å². The van der Waals surface area contributed by atoms with Gasteiger partial charge in [-0.25, -0.2) is 23.4 Å². The zero-order chi connectivity index (χ0) is 21.4. The molecule has 0 radical (unpaired) electrons. The molecule has 1 aliphatic rings. The molecule has 31 heavy (non-hydrogen) atoms. The van der Waals surface area contributed by atoms with Crippen LogP contribution in [0, 0.1) is 11.6 Å². The van der Waals surface area contributed by atoms with E-state index in [-0.39, 0.29) is 12.3 Å². The number of nitrogens with one attached hydrogen (secondary N) is 1. The molecule has 4 heterocycles. The largest absolute Gasteiger partial charge is 0.491 e. The van der Waals surface area contributed by atoms with E-state index in [1.807, 2.05) is 18.2 Å². The third kappa shape index (κ3) is 3.64. The number of aliphatic hydroxyl groups is 1. The summed E-state index contributed by atoms with van der Waals surface area (Å²) in [4.78, 5) is 10.7. The average Bonchev–Trinajstić information content (AvgIpc) is 3.37. The number of benzene rings is 1. The lowest BCUT2D eigenvalue weighted by Crippen LogP contribution is -2.07. The Bertz CT molecular complexity index is 1260. The first-order valence-corrected chi connectivity index (χ1v) is 10.4. The number of pyridine rings is 1. The SMILES string of the molecule is OCCNc1ccc2c(n1)-c1sc(-c3ncnn3-c3ccc(F)cc3F)cc1CCO2. The molecule has 0 bridgehead atoms. The van der Waals surface area contributed by atoms with Crippen LogP contribution in [0.2, 0.25) is 0 Å². The van der Waals surface area contributed by atoms with Crippen molar-refractivity contribution in [3.8, 4) is 32.7 Å². The number of hydrogen-bond acceptors (Lipinski definition) is 7. The number of rotatable bonds is 5. The van der Waals surface area contributed by atoms with Gasteiger partial charge in [0.2, 0.25) is 0 Å². The van der Waals surface area contributed by atoms with Crippen molar-refractivity contribution in [2.24, 2.45) is 0 Å². The van der Waals surface area contributed by atoms with E-state index in [1.54, 1.807) is 0 Å². The molecule has 0 spiro atoms. The summed E-state index contributed by atoms with van der Waals surface area (Å²) in [6.45, 7) is 0.890. The highest BCUT2D eigenvalue weighted by Gasteiger charge is 2.23. The molecule has 0 fully saturated rings. The lowest BCUT2D eigenvalue weighted by molar-refractivity contribution is 0.311. The van der Waals surface area contributed by atoms with Crippen molar-refractivity contribution in [3.05, 3.63) is 59.9 Å². The minimum atomic E-state index is -0.718. The molecule has 0 aliphatic carbocycles. The summed E-state index contributed by atoms with van der Waals surface area (Å²) in [5, 5.41) is 16.3. The maximum absolute atomic E-state index is 14.4. The minimum Gasteiger partial charge on any atom is -0.491 e. The Kier molecular flexibility index (Phi) is 5.08. The predicted molar refractivity (Wildman–Crippen MR) is 113 cm³/mol. The molecule has 7 nitrogen and oxygen atoms in total. The Balaban J connectivity index is 1.59. The second-order valence-corrected chi connectivity index (χ2v) is 7.90. The Morgan fingerprint density at radius 2 is 2.10 bits per heavy atom. The summed E-state index contributed by atoms with van der Waals surface area (Å²) >= 11 is 1.46. The van der Waals surface area contributed by atoms with Crippen LogP contribution in [0.1, 0.15) is 5.56 Å². The van der Waals surface area contributed by atoms with Crippen LogP contribution in [-0.2, 0) is 6.42 Å². The van der Waals surface area contributed by atoms with Crippen molar-refractivity contribution in [1.82, 2.24) is 19.7 Å². The Hall–Kier alpha value is -3.37. The third-order valence-electron chi connectivity index (χ3n) is 4.84. The van der Waals surface area contributed by atoms with Gasteiger partial charge in [0, 0.05) is 19.0 Å². The van der Waals surface area contributed by atoms with E-state index in [2.05, 4.69) is 20.4 Å². The predicted octanol–water partition coefficient (Wildman–Crippen LogP) is 3.68. The Morgan fingerprint density at radius 1 is 1.19 bits per heavy atom. The topological polar surface area (TPSA) is 85.1 Å². The summed E-state index contributed by atoms with van der Waals surface area (Å²) < 4.78 is 34.9. The van der Waals surface area contributed by atoms with E-state index in [4.69, 9.17) is 9.84 Å². The van der Waals surface area contributed by atoms with Crippen LogP contribution >= 0.6 is 11.3 Å². The molecule has 3 aromatic heterocycles. The molecule has 0 amide bonds. The highest BCUT2D eigenvalue weighted by molar-refractivity contribution is 7.19. The zero-order valence-electron chi connectivity index (χ0n) is 16.2. The monoisotopic (exact) mass is 441 g/mol. The van der Waals surface area contributed by atoms with Crippen molar-refractivity contribution in [3.63, 3.8) is 0 Å². The van der Waals surface area contributed by atoms with Gasteiger partial charge < -0.3 is 15.2 Å². The van der Waals surface area contributed by atoms with Gasteiger partial charge in [0.05, 0.1) is 23.0 Å². The fourth-order valence-corrected chi connectivity index (χ4v) is 4.63. The van der Waals surface area contributed by atoms with Crippen molar-refractivity contribution in [1.29, 1.82) is 0 Å². The number of ether oxygens (including phenoxy) is 1. The van der Waals surface area contributed by atoms with Crippen LogP contribution in [0.4, 0.5) is 14.6 Å². The quantitative estimate of drug-likeness (QED) is 0.492. The highest BCUT2D eigenvalue weighted by atomic mass is 32.1. The molecule has 158 valence electrons. The van der Waals surface area contributed by atoms with Gasteiger partial charge in [0.25, 0.3) is 0 Å². The van der Waals surface area contributed by atoms with E-state index in [0.29, 0.717) is 42.7 Å². The van der Waals surface area contributed by atoms with Gasteiger partial charge in [0.1, 0.15) is 35.1 Å². The van der Waals surface area contributed by atoms with Gasteiger partial charge in [-0.1, -0.05) is 0 Å². The summed E-state index contributed by atoms with van der Waals surface area (Å²) in [5.74, 6) is 0.396. The van der Waals surface area contributed by atoms with Crippen LogP contribution in [0.15, 0.2) is 42.7 Å². The number of aliphatic hydroxyl groups excluding tert-OH is 1. The van der Waals surface area contributed by atoms with Gasteiger partial charge in [-0.15, -0.1) is 11.3 Å². The molecule has 1 aromatic carbocycles. The number of anilines is 1. The number of hydrogen-bond donors (Lipinski definition) is 2. The molecule has 0 atom stereocenters. The third-order valence-corrected chi connectivity index (χ3v) is 6.02. The maximum atomic E-state index is 14.4. The van der Waals surface area contributed by atoms with Gasteiger partial charge in [-0.05, 0) is 35.9 Å². The molecular weight excluding hydrogens is 424 g/mol. The van der Waals surface area contributed by atoms with Gasteiger partial charge in [0.15, 0.2) is 11.6 Å². The fraction of sp³-hybridized carbons (Fsp3) is 0.190. The second kappa shape index (κ2) is 8.05. The Labute approximate surface area is 180 Å². The molecule has 5 rings (SSSR count). The number of nitrogens with zero attached hydrogens (tertiary/aromatic N) is 4.